The number of nitrogens with one attached hydrogen (secondary N) is 2. The van der Waals surface area contributed by atoms with Crippen LogP contribution in [0.5, 0.6) is 0 Å². The van der Waals surface area contributed by atoms with Gasteiger partial charge in [0.1, 0.15) is 5.69 Å². The van der Waals surface area contributed by atoms with Crippen LogP contribution in [0, 0.1) is 6.92 Å². The molecule has 6 heteroatoms. The number of nitrogens with zero attached hydrogens (tertiary/aromatic N) is 3. The zero-order valence-corrected chi connectivity index (χ0v) is 15.9. The molecule has 142 valence electrons. The number of benzene rings is 2. The Morgan fingerprint density at radius 3 is 2.36 bits per heavy atom. The first-order chi connectivity index (χ1) is 13.7. The molecule has 0 unspecified atom stereocenters. The molecule has 2 heterocycles. The molecule has 1 saturated heterocycles. The van der Waals surface area contributed by atoms with Crippen molar-refractivity contribution in [2.45, 2.75) is 19.8 Å². The zero-order valence-electron chi connectivity index (χ0n) is 15.9. The Kier molecular flexibility index (Phi) is 5.19. The lowest BCUT2D eigenvalue weighted by atomic mass is 10.2. The summed E-state index contributed by atoms with van der Waals surface area (Å²) in [7, 11) is 0. The molecule has 3 aromatic rings. The third-order valence-corrected chi connectivity index (χ3v) is 4.71. The number of hydrogen-bond donors (Lipinski definition) is 2. The van der Waals surface area contributed by atoms with Crippen molar-refractivity contribution in [1.29, 1.82) is 0 Å². The summed E-state index contributed by atoms with van der Waals surface area (Å²) in [6.07, 6.45) is 2.48. The summed E-state index contributed by atoms with van der Waals surface area (Å²) in [6, 6.07) is 19.3. The number of aryl methyl sites for hydroxylation is 1. The molecule has 0 spiro atoms. The summed E-state index contributed by atoms with van der Waals surface area (Å²) in [5.41, 5.74) is 3.87. The fourth-order valence-electron chi connectivity index (χ4n) is 3.32. The summed E-state index contributed by atoms with van der Waals surface area (Å²) < 4.78 is 0. The van der Waals surface area contributed by atoms with Crippen molar-refractivity contribution < 1.29 is 4.79 Å². The second-order valence-corrected chi connectivity index (χ2v) is 6.90. The summed E-state index contributed by atoms with van der Waals surface area (Å²) in [6.45, 7) is 4.05. The van der Waals surface area contributed by atoms with Crippen LogP contribution in [0.2, 0.25) is 0 Å². The molecule has 2 aromatic carbocycles. The van der Waals surface area contributed by atoms with Gasteiger partial charge < -0.3 is 15.5 Å². The largest absolute Gasteiger partial charge is 0.372 e. The third-order valence-electron chi connectivity index (χ3n) is 4.71. The van der Waals surface area contributed by atoms with Gasteiger partial charge in [0.15, 0.2) is 0 Å². The van der Waals surface area contributed by atoms with Crippen LogP contribution in [-0.4, -0.2) is 29.0 Å². The van der Waals surface area contributed by atoms with Crippen LogP contribution in [0.1, 0.15) is 29.0 Å². The first kappa shape index (κ1) is 18.0. The van der Waals surface area contributed by atoms with Crippen molar-refractivity contribution in [3.05, 3.63) is 72.1 Å². The third kappa shape index (κ3) is 4.28. The molecule has 1 aliphatic heterocycles. The lowest BCUT2D eigenvalue weighted by molar-refractivity contribution is 0.102. The molecule has 6 nitrogen and oxygen atoms in total. The van der Waals surface area contributed by atoms with Gasteiger partial charge in [0.2, 0.25) is 5.95 Å². The zero-order chi connectivity index (χ0) is 19.3. The number of anilines is 4. The molecule has 1 aromatic heterocycles. The summed E-state index contributed by atoms with van der Waals surface area (Å²) in [5, 5.41) is 6.05. The topological polar surface area (TPSA) is 70.2 Å². The summed E-state index contributed by atoms with van der Waals surface area (Å²) in [4.78, 5) is 23.8. The normalized spacial score (nSPS) is 13.4. The predicted molar refractivity (Wildman–Crippen MR) is 112 cm³/mol. The first-order valence-electron chi connectivity index (χ1n) is 9.51. The summed E-state index contributed by atoms with van der Waals surface area (Å²) in [5.74, 6) is 0.149. The van der Waals surface area contributed by atoms with Crippen molar-refractivity contribution >= 4 is 28.9 Å². The van der Waals surface area contributed by atoms with Crippen molar-refractivity contribution in [2.75, 3.05) is 28.6 Å². The molecule has 1 aliphatic rings. The minimum atomic E-state index is -0.254. The van der Waals surface area contributed by atoms with Crippen molar-refractivity contribution in [2.24, 2.45) is 0 Å². The van der Waals surface area contributed by atoms with Crippen LogP contribution in [0.4, 0.5) is 23.0 Å². The second-order valence-electron chi connectivity index (χ2n) is 6.90. The molecule has 4 rings (SSSR count). The van der Waals surface area contributed by atoms with Gasteiger partial charge >= 0.3 is 0 Å². The fraction of sp³-hybridized carbons (Fsp3) is 0.227. The van der Waals surface area contributed by atoms with E-state index in [0.29, 0.717) is 11.6 Å². The van der Waals surface area contributed by atoms with E-state index in [1.807, 2.05) is 49.4 Å². The van der Waals surface area contributed by atoms with Gasteiger partial charge in [0.05, 0.1) is 0 Å². The average molecular weight is 373 g/mol. The van der Waals surface area contributed by atoms with E-state index in [-0.39, 0.29) is 5.91 Å². The van der Waals surface area contributed by atoms with Gasteiger partial charge in [0, 0.05) is 35.8 Å². The number of hydrogen-bond acceptors (Lipinski definition) is 5. The van der Waals surface area contributed by atoms with Crippen molar-refractivity contribution in [3.8, 4) is 0 Å². The molecule has 0 bridgehead atoms. The smallest absolute Gasteiger partial charge is 0.274 e. The van der Waals surface area contributed by atoms with Crippen LogP contribution in [0.3, 0.4) is 0 Å². The Bertz CT molecular complexity index is 950. The van der Waals surface area contributed by atoms with Crippen LogP contribution >= 0.6 is 0 Å². The van der Waals surface area contributed by atoms with E-state index in [9.17, 15) is 4.79 Å². The maximum Gasteiger partial charge on any atom is 0.274 e. The first-order valence-corrected chi connectivity index (χ1v) is 9.51. The van der Waals surface area contributed by atoms with E-state index in [1.165, 1.54) is 18.5 Å². The van der Waals surface area contributed by atoms with Gasteiger partial charge in [-0.15, -0.1) is 0 Å². The van der Waals surface area contributed by atoms with Crippen LogP contribution < -0.4 is 15.5 Å². The van der Waals surface area contributed by atoms with Gasteiger partial charge in [-0.05, 0) is 62.2 Å². The lowest BCUT2D eigenvalue weighted by Gasteiger charge is -2.17. The van der Waals surface area contributed by atoms with E-state index in [4.69, 9.17) is 0 Å². The highest BCUT2D eigenvalue weighted by Crippen LogP contribution is 2.22. The van der Waals surface area contributed by atoms with Crippen molar-refractivity contribution in [1.82, 2.24) is 9.97 Å². The highest BCUT2D eigenvalue weighted by atomic mass is 16.1. The van der Waals surface area contributed by atoms with E-state index in [2.05, 4.69) is 37.6 Å². The van der Waals surface area contributed by atoms with E-state index >= 15 is 0 Å². The summed E-state index contributed by atoms with van der Waals surface area (Å²) >= 11 is 0. The van der Waals surface area contributed by atoms with E-state index in [1.54, 1.807) is 6.07 Å². The van der Waals surface area contributed by atoms with E-state index in [0.717, 1.165) is 30.2 Å². The van der Waals surface area contributed by atoms with Gasteiger partial charge in [-0.25, -0.2) is 9.97 Å². The van der Waals surface area contributed by atoms with Gasteiger partial charge in [-0.2, -0.15) is 0 Å². The Hall–Kier alpha value is -3.41. The minimum absolute atomic E-state index is 0.254. The number of para-hydroxylation sites is 1. The highest BCUT2D eigenvalue weighted by Gasteiger charge is 2.14. The monoisotopic (exact) mass is 373 g/mol. The fourth-order valence-corrected chi connectivity index (χ4v) is 3.32. The average Bonchev–Trinajstić information content (AvgIpc) is 3.24. The SMILES string of the molecule is Cc1cc(C(=O)Nc2ccc(N3CCCC3)cc2)nc(Nc2ccccc2)n1. The van der Waals surface area contributed by atoms with Crippen LogP contribution in [0.25, 0.3) is 0 Å². The van der Waals surface area contributed by atoms with E-state index < -0.39 is 0 Å². The quantitative estimate of drug-likeness (QED) is 0.694. The number of aromatic nitrogens is 2. The molecule has 1 amide bonds. The lowest BCUT2D eigenvalue weighted by Crippen LogP contribution is -2.18. The molecule has 2 N–H and O–H groups in total. The highest BCUT2D eigenvalue weighted by molar-refractivity contribution is 6.03. The minimum Gasteiger partial charge on any atom is -0.372 e. The van der Waals surface area contributed by atoms with Gasteiger partial charge in [0.25, 0.3) is 5.91 Å². The Balaban J connectivity index is 1.46. The number of amides is 1. The van der Waals surface area contributed by atoms with Crippen molar-refractivity contribution in [3.63, 3.8) is 0 Å². The molecule has 0 radical (unpaired) electrons. The molecular formula is C22H23N5O. The van der Waals surface area contributed by atoms with Crippen LogP contribution in [-0.2, 0) is 0 Å². The molecular weight excluding hydrogens is 350 g/mol. The maximum atomic E-state index is 12.7. The number of carbonyl (C=O) groups is 1. The maximum absolute atomic E-state index is 12.7. The number of rotatable bonds is 5. The standard InChI is InChI=1S/C22H23N5O/c1-16-15-20(26-22(23-16)25-17-7-3-2-4-8-17)21(28)24-18-9-11-19(12-10-18)27-13-5-6-14-27/h2-4,7-12,15H,5-6,13-14H2,1H3,(H,24,28)(H,23,25,26). The Morgan fingerprint density at radius 1 is 0.929 bits per heavy atom. The second kappa shape index (κ2) is 8.08. The van der Waals surface area contributed by atoms with Gasteiger partial charge in [-0.1, -0.05) is 18.2 Å². The van der Waals surface area contributed by atoms with Gasteiger partial charge in [-0.3, -0.25) is 4.79 Å². The Labute approximate surface area is 164 Å². The molecule has 0 aliphatic carbocycles. The Morgan fingerprint density at radius 2 is 1.64 bits per heavy atom. The number of carbonyl (C=O) groups excluding carboxylic acids is 1. The molecule has 0 saturated carbocycles. The molecule has 0 atom stereocenters. The predicted octanol–water partition coefficient (Wildman–Crippen LogP) is 4.38. The van der Waals surface area contributed by atoms with Crippen LogP contribution in [0.15, 0.2) is 60.7 Å². The molecule has 28 heavy (non-hydrogen) atoms. The molecule has 1 fully saturated rings.